The Labute approximate surface area is 235 Å². The highest BCUT2D eigenvalue weighted by Gasteiger charge is 2.43. The normalized spacial score (nSPS) is 22.9. The van der Waals surface area contributed by atoms with Crippen LogP contribution in [0.5, 0.6) is 0 Å². The molecule has 3 fully saturated rings. The highest BCUT2D eigenvalue weighted by atomic mass is 32.2. The summed E-state index contributed by atoms with van der Waals surface area (Å²) >= 11 is 1.51. The van der Waals surface area contributed by atoms with Crippen LogP contribution in [0.3, 0.4) is 0 Å². The maximum absolute atomic E-state index is 14.2. The van der Waals surface area contributed by atoms with Crippen molar-refractivity contribution >= 4 is 39.3 Å². The third-order valence-electron chi connectivity index (χ3n) is 8.27. The molecule has 13 heteroatoms. The second-order valence-electron chi connectivity index (χ2n) is 10.7. The van der Waals surface area contributed by atoms with Crippen LogP contribution < -0.4 is 10.6 Å². The van der Waals surface area contributed by atoms with E-state index in [0.717, 1.165) is 30.6 Å². The number of carbonyl (C=O) groups is 3. The predicted molar refractivity (Wildman–Crippen MR) is 149 cm³/mol. The number of sulfonamides is 1. The first-order valence-electron chi connectivity index (χ1n) is 14.0. The molecular weight excluding hydrogens is 542 g/mol. The van der Waals surface area contributed by atoms with Crippen molar-refractivity contribution in [3.8, 4) is 0 Å². The Morgan fingerprint density at radius 1 is 1.08 bits per heavy atom. The second kappa shape index (κ2) is 13.4. The first-order valence-corrected chi connectivity index (χ1v) is 16.5. The largest absolute Gasteiger partial charge is 0.465 e. The summed E-state index contributed by atoms with van der Waals surface area (Å²) in [5.74, 6) is -0.590. The van der Waals surface area contributed by atoms with Crippen molar-refractivity contribution in [2.45, 2.75) is 76.5 Å². The Kier molecular flexibility index (Phi) is 10.2. The van der Waals surface area contributed by atoms with Crippen molar-refractivity contribution in [2.24, 2.45) is 5.92 Å². The van der Waals surface area contributed by atoms with Gasteiger partial charge in [-0.3, -0.25) is 9.59 Å². The van der Waals surface area contributed by atoms with E-state index in [9.17, 15) is 27.9 Å². The monoisotopic (exact) mass is 583 g/mol. The van der Waals surface area contributed by atoms with Gasteiger partial charge in [0.05, 0.1) is 24.9 Å². The number of rotatable bonds is 9. The fourth-order valence-corrected chi connectivity index (χ4v) is 7.71. The van der Waals surface area contributed by atoms with Gasteiger partial charge in [-0.25, -0.2) is 17.5 Å². The molecule has 0 aromatic carbocycles. The fraction of sp³-hybridized carbons (Fsp3) is 0.731. The number of thiophene rings is 1. The van der Waals surface area contributed by atoms with E-state index in [2.05, 4.69) is 10.6 Å². The summed E-state index contributed by atoms with van der Waals surface area (Å²) in [6.07, 6.45) is 5.31. The Morgan fingerprint density at radius 3 is 2.41 bits per heavy atom. The molecule has 218 valence electrons. The molecule has 2 atom stereocenters. The maximum atomic E-state index is 14.2. The number of carbonyl (C=O) groups excluding carboxylic acids is 2. The highest BCUT2D eigenvalue weighted by Crippen LogP contribution is 2.28. The van der Waals surface area contributed by atoms with Gasteiger partial charge in [0.15, 0.2) is 0 Å². The van der Waals surface area contributed by atoms with E-state index in [1.165, 1.54) is 27.0 Å². The van der Waals surface area contributed by atoms with Crippen molar-refractivity contribution in [2.75, 3.05) is 38.5 Å². The van der Waals surface area contributed by atoms with E-state index in [1.54, 1.807) is 11.8 Å². The SMILES string of the molecule is CCS(=O)(=O)N1CCC([C@@H](NC2CCCCC2)C(=O)N2CCN(C(=O)O)C[C@H]2C(=O)NCc2cccs2)CC1. The van der Waals surface area contributed by atoms with Crippen LogP contribution in [-0.2, 0) is 26.2 Å². The number of nitrogens with zero attached hydrogens (tertiary/aromatic N) is 3. The zero-order valence-corrected chi connectivity index (χ0v) is 24.2. The van der Waals surface area contributed by atoms with Crippen LogP contribution in [-0.4, -0.2) is 102 Å². The molecule has 0 radical (unpaired) electrons. The third-order valence-corrected chi connectivity index (χ3v) is 11.0. The first-order chi connectivity index (χ1) is 18.7. The predicted octanol–water partition coefficient (Wildman–Crippen LogP) is 1.91. The van der Waals surface area contributed by atoms with Gasteiger partial charge in [-0.1, -0.05) is 25.3 Å². The van der Waals surface area contributed by atoms with Gasteiger partial charge < -0.3 is 25.5 Å². The molecule has 1 aromatic rings. The molecule has 1 aromatic heterocycles. The van der Waals surface area contributed by atoms with Crippen molar-refractivity contribution < 1.29 is 27.9 Å². The van der Waals surface area contributed by atoms with Gasteiger partial charge in [0.25, 0.3) is 0 Å². The van der Waals surface area contributed by atoms with E-state index in [0.29, 0.717) is 32.5 Å². The molecule has 3 heterocycles. The molecule has 0 unspecified atom stereocenters. The van der Waals surface area contributed by atoms with Gasteiger partial charge in [-0.2, -0.15) is 0 Å². The molecule has 39 heavy (non-hydrogen) atoms. The van der Waals surface area contributed by atoms with E-state index < -0.39 is 28.2 Å². The van der Waals surface area contributed by atoms with Gasteiger partial charge in [0.1, 0.15) is 6.04 Å². The van der Waals surface area contributed by atoms with Crippen molar-refractivity contribution in [1.29, 1.82) is 0 Å². The standard InChI is InChI=1S/C26H41N5O6S2/c1-2-39(36,37)30-12-10-19(11-13-30)23(28-20-7-4-3-5-8-20)25(33)31-15-14-29(26(34)35)18-22(31)24(32)27-17-21-9-6-16-38-21/h6,9,16,19-20,22-23,28H,2-5,7-8,10-15,17-18H2,1H3,(H,27,32)(H,34,35)/t22-,23+/m0/s1. The molecule has 11 nitrogen and oxygen atoms in total. The van der Waals surface area contributed by atoms with Gasteiger partial charge in [0, 0.05) is 37.1 Å². The molecule has 2 saturated heterocycles. The number of carboxylic acid groups (broad SMARTS) is 1. The van der Waals surface area contributed by atoms with E-state index >= 15 is 0 Å². The summed E-state index contributed by atoms with van der Waals surface area (Å²) in [6, 6.07) is 2.51. The zero-order valence-electron chi connectivity index (χ0n) is 22.6. The highest BCUT2D eigenvalue weighted by molar-refractivity contribution is 7.89. The molecule has 3 N–H and O–H groups in total. The lowest BCUT2D eigenvalue weighted by Gasteiger charge is -2.44. The van der Waals surface area contributed by atoms with E-state index in [-0.39, 0.29) is 49.2 Å². The van der Waals surface area contributed by atoms with Gasteiger partial charge >= 0.3 is 6.09 Å². The minimum Gasteiger partial charge on any atom is -0.465 e. The Balaban J connectivity index is 1.52. The number of nitrogens with one attached hydrogen (secondary N) is 2. The summed E-state index contributed by atoms with van der Waals surface area (Å²) in [7, 11) is -3.29. The molecule has 1 aliphatic carbocycles. The summed E-state index contributed by atoms with van der Waals surface area (Å²) in [6.45, 7) is 2.88. The van der Waals surface area contributed by atoms with Crippen LogP contribution in [0.1, 0.15) is 56.7 Å². The topological polar surface area (TPSA) is 139 Å². The zero-order chi connectivity index (χ0) is 28.0. The number of piperazine rings is 1. The number of hydrogen-bond donors (Lipinski definition) is 3. The summed E-state index contributed by atoms with van der Waals surface area (Å²) in [4.78, 5) is 43.0. The van der Waals surface area contributed by atoms with Gasteiger partial charge in [0.2, 0.25) is 21.8 Å². The maximum Gasteiger partial charge on any atom is 0.407 e. The molecule has 1 saturated carbocycles. The molecule has 3 aliphatic rings. The Bertz CT molecular complexity index is 1080. The molecule has 4 rings (SSSR count). The lowest BCUT2D eigenvalue weighted by atomic mass is 9.86. The molecular formula is C26H41N5O6S2. The summed E-state index contributed by atoms with van der Waals surface area (Å²) in [5.41, 5.74) is 0. The number of amides is 3. The Hall–Kier alpha value is -2.22. The number of hydrogen-bond acceptors (Lipinski definition) is 7. The van der Waals surface area contributed by atoms with Crippen molar-refractivity contribution in [3.63, 3.8) is 0 Å². The van der Waals surface area contributed by atoms with Crippen LogP contribution in [0.25, 0.3) is 0 Å². The van der Waals surface area contributed by atoms with Crippen LogP contribution in [0.4, 0.5) is 4.79 Å². The molecule has 3 amide bonds. The average molecular weight is 584 g/mol. The minimum absolute atomic E-state index is 0.0521. The van der Waals surface area contributed by atoms with Gasteiger partial charge in [-0.15, -0.1) is 11.3 Å². The smallest absolute Gasteiger partial charge is 0.407 e. The summed E-state index contributed by atoms with van der Waals surface area (Å²) in [5, 5.41) is 18.0. The van der Waals surface area contributed by atoms with Crippen LogP contribution in [0.2, 0.25) is 0 Å². The van der Waals surface area contributed by atoms with E-state index in [1.807, 2.05) is 17.5 Å². The van der Waals surface area contributed by atoms with Crippen LogP contribution >= 0.6 is 11.3 Å². The fourth-order valence-electron chi connectivity index (χ4n) is 5.93. The lowest BCUT2D eigenvalue weighted by Crippen LogP contribution is -2.65. The van der Waals surface area contributed by atoms with Crippen LogP contribution in [0.15, 0.2) is 17.5 Å². The number of piperidine rings is 1. The van der Waals surface area contributed by atoms with E-state index in [4.69, 9.17) is 0 Å². The third kappa shape index (κ3) is 7.50. The van der Waals surface area contributed by atoms with Gasteiger partial charge in [-0.05, 0) is 50.0 Å². The lowest BCUT2D eigenvalue weighted by molar-refractivity contribution is -0.146. The minimum atomic E-state index is -3.29. The average Bonchev–Trinajstić information content (AvgIpc) is 3.48. The first kappa shape index (κ1) is 29.8. The van der Waals surface area contributed by atoms with Crippen LogP contribution in [0, 0.1) is 5.92 Å². The Morgan fingerprint density at radius 2 is 1.79 bits per heavy atom. The molecule has 2 aliphatic heterocycles. The molecule has 0 bridgehead atoms. The quantitative estimate of drug-likeness (QED) is 0.404. The van der Waals surface area contributed by atoms with Crippen molar-refractivity contribution in [1.82, 2.24) is 24.7 Å². The molecule has 0 spiro atoms. The summed E-state index contributed by atoms with van der Waals surface area (Å²) < 4.78 is 26.3. The second-order valence-corrected chi connectivity index (χ2v) is 14.0. The van der Waals surface area contributed by atoms with Crippen molar-refractivity contribution in [3.05, 3.63) is 22.4 Å².